The largest absolute Gasteiger partial charge is 0.378 e. The second-order valence-corrected chi connectivity index (χ2v) is 7.75. The highest BCUT2D eigenvalue weighted by Gasteiger charge is 2.41. The molecule has 5 nitrogen and oxygen atoms in total. The Bertz CT molecular complexity index is 978. The van der Waals surface area contributed by atoms with Crippen molar-refractivity contribution in [2.75, 3.05) is 23.9 Å². The Hall–Kier alpha value is -2.86. The predicted octanol–water partition coefficient (Wildman–Crippen LogP) is 3.97. The van der Waals surface area contributed by atoms with Crippen LogP contribution in [0.5, 0.6) is 0 Å². The van der Waals surface area contributed by atoms with Gasteiger partial charge in [-0.1, -0.05) is 6.07 Å². The summed E-state index contributed by atoms with van der Waals surface area (Å²) in [5.41, 5.74) is 5.65. The number of pyridine rings is 1. The molecule has 0 radical (unpaired) electrons. The minimum atomic E-state index is -0.0183. The predicted molar refractivity (Wildman–Crippen MR) is 119 cm³/mol. The van der Waals surface area contributed by atoms with E-state index in [0.29, 0.717) is 0 Å². The third-order valence-corrected chi connectivity index (χ3v) is 5.77. The summed E-state index contributed by atoms with van der Waals surface area (Å²) >= 11 is 5.78. The van der Waals surface area contributed by atoms with Crippen molar-refractivity contribution in [1.29, 1.82) is 0 Å². The monoisotopic (exact) mass is 391 g/mol. The summed E-state index contributed by atoms with van der Waals surface area (Å²) in [5.74, 6) is 0. The Morgan fingerprint density at radius 3 is 2.36 bits per heavy atom. The van der Waals surface area contributed by atoms with Gasteiger partial charge in [0.25, 0.3) is 0 Å². The fraction of sp³-hybridized carbons (Fsp3) is 0.273. The highest BCUT2D eigenvalue weighted by Crippen LogP contribution is 2.42. The zero-order valence-corrected chi connectivity index (χ0v) is 17.4. The van der Waals surface area contributed by atoms with E-state index in [1.54, 1.807) is 0 Å². The van der Waals surface area contributed by atoms with Gasteiger partial charge in [0.15, 0.2) is 5.11 Å². The molecule has 1 saturated heterocycles. The quantitative estimate of drug-likeness (QED) is 0.681. The molecule has 2 atom stereocenters. The maximum absolute atomic E-state index is 5.78. The first-order chi connectivity index (χ1) is 13.5. The SMILES string of the molecule is Cc1ccc([C@H]2[C@@H](c3ccccn3)NC(=S)N2c2ccc(N(C)C)cc2)n1C. The fourth-order valence-corrected chi connectivity index (χ4v) is 4.12. The van der Waals surface area contributed by atoms with Crippen molar-refractivity contribution in [2.45, 2.75) is 19.0 Å². The Balaban J connectivity index is 1.81. The molecule has 1 aliphatic heterocycles. The van der Waals surface area contributed by atoms with Crippen LogP contribution in [-0.2, 0) is 7.05 Å². The van der Waals surface area contributed by atoms with Crippen LogP contribution in [0.3, 0.4) is 0 Å². The number of aryl methyl sites for hydroxylation is 1. The van der Waals surface area contributed by atoms with E-state index in [4.69, 9.17) is 12.2 Å². The van der Waals surface area contributed by atoms with Crippen molar-refractivity contribution in [1.82, 2.24) is 14.9 Å². The zero-order valence-electron chi connectivity index (χ0n) is 16.6. The summed E-state index contributed by atoms with van der Waals surface area (Å²) in [6, 6.07) is 18.9. The number of hydrogen-bond acceptors (Lipinski definition) is 3. The molecule has 3 aromatic rings. The lowest BCUT2D eigenvalue weighted by molar-refractivity contribution is 0.539. The standard InChI is InChI=1S/C22H25N5S/c1-15-8-13-19(26(15)4)21-20(18-7-5-6-14-23-18)24-22(28)27(21)17-11-9-16(10-12-17)25(2)3/h5-14,20-21H,1-4H3,(H,24,28)/t20-,21+/m1/s1. The van der Waals surface area contributed by atoms with Gasteiger partial charge in [-0.25, -0.2) is 0 Å². The van der Waals surface area contributed by atoms with E-state index in [-0.39, 0.29) is 12.1 Å². The first-order valence-electron chi connectivity index (χ1n) is 9.37. The highest BCUT2D eigenvalue weighted by molar-refractivity contribution is 7.80. The van der Waals surface area contributed by atoms with E-state index < -0.39 is 0 Å². The molecule has 0 spiro atoms. The molecule has 3 heterocycles. The van der Waals surface area contributed by atoms with Gasteiger partial charge in [-0.2, -0.15) is 0 Å². The summed E-state index contributed by atoms with van der Waals surface area (Å²) in [7, 11) is 6.20. The summed E-state index contributed by atoms with van der Waals surface area (Å²) in [5, 5.41) is 4.23. The molecule has 6 heteroatoms. The number of hydrogen-bond donors (Lipinski definition) is 1. The molecule has 28 heavy (non-hydrogen) atoms. The van der Waals surface area contributed by atoms with Gasteiger partial charge in [0, 0.05) is 50.1 Å². The minimum Gasteiger partial charge on any atom is -0.378 e. The van der Waals surface area contributed by atoms with Gasteiger partial charge in [0.05, 0.1) is 11.7 Å². The van der Waals surface area contributed by atoms with Crippen LogP contribution in [0, 0.1) is 6.92 Å². The summed E-state index contributed by atoms with van der Waals surface area (Å²) in [6.07, 6.45) is 1.84. The topological polar surface area (TPSA) is 36.3 Å². The second kappa shape index (κ2) is 7.28. The van der Waals surface area contributed by atoms with E-state index in [1.165, 1.54) is 11.4 Å². The Morgan fingerprint density at radius 2 is 1.79 bits per heavy atom. The molecular formula is C22H25N5S. The molecule has 1 aromatic carbocycles. The average molecular weight is 392 g/mol. The number of benzene rings is 1. The minimum absolute atomic E-state index is 0.0183. The van der Waals surface area contributed by atoms with Gasteiger partial charge < -0.3 is 19.7 Å². The molecule has 1 N–H and O–H groups in total. The summed E-state index contributed by atoms with van der Waals surface area (Å²) in [6.45, 7) is 2.12. The molecule has 1 aliphatic rings. The van der Waals surface area contributed by atoms with Crippen LogP contribution >= 0.6 is 12.2 Å². The van der Waals surface area contributed by atoms with E-state index in [2.05, 4.69) is 81.1 Å². The third kappa shape index (κ3) is 3.14. The normalized spacial score (nSPS) is 19.0. The number of nitrogens with one attached hydrogen (secondary N) is 1. The van der Waals surface area contributed by atoms with Crippen molar-refractivity contribution >= 4 is 28.7 Å². The number of thiocarbonyl (C=S) groups is 1. The van der Waals surface area contributed by atoms with Crippen molar-refractivity contribution in [3.8, 4) is 0 Å². The first-order valence-corrected chi connectivity index (χ1v) is 9.78. The van der Waals surface area contributed by atoms with E-state index in [1.807, 2.05) is 32.4 Å². The number of rotatable bonds is 4. The maximum Gasteiger partial charge on any atom is 0.174 e. The van der Waals surface area contributed by atoms with Gasteiger partial charge in [-0.05, 0) is 67.7 Å². The molecule has 1 fully saturated rings. The average Bonchev–Trinajstić information content (AvgIpc) is 3.22. The smallest absolute Gasteiger partial charge is 0.174 e. The van der Waals surface area contributed by atoms with Crippen LogP contribution < -0.4 is 15.1 Å². The van der Waals surface area contributed by atoms with Crippen LogP contribution in [-0.4, -0.2) is 28.8 Å². The molecule has 0 bridgehead atoms. The lowest BCUT2D eigenvalue weighted by atomic mass is 10.0. The van der Waals surface area contributed by atoms with Gasteiger partial charge in [-0.3, -0.25) is 4.98 Å². The first kappa shape index (κ1) is 18.5. The lowest BCUT2D eigenvalue weighted by Crippen LogP contribution is -2.30. The maximum atomic E-state index is 5.78. The molecule has 2 aromatic heterocycles. The number of nitrogens with zero attached hydrogens (tertiary/aromatic N) is 4. The van der Waals surface area contributed by atoms with Crippen LogP contribution in [0.4, 0.5) is 11.4 Å². The van der Waals surface area contributed by atoms with E-state index in [0.717, 1.165) is 22.2 Å². The van der Waals surface area contributed by atoms with Gasteiger partial charge in [0.1, 0.15) is 6.04 Å². The molecule has 0 saturated carbocycles. The second-order valence-electron chi connectivity index (χ2n) is 7.37. The number of aromatic nitrogens is 2. The molecule has 0 amide bonds. The molecule has 144 valence electrons. The zero-order chi connectivity index (χ0) is 19.8. The van der Waals surface area contributed by atoms with Gasteiger partial charge >= 0.3 is 0 Å². The Kier molecular flexibility index (Phi) is 4.81. The van der Waals surface area contributed by atoms with Gasteiger partial charge in [0.2, 0.25) is 0 Å². The number of anilines is 2. The van der Waals surface area contributed by atoms with Gasteiger partial charge in [-0.15, -0.1) is 0 Å². The summed E-state index contributed by atoms with van der Waals surface area (Å²) in [4.78, 5) is 8.92. The molecular weight excluding hydrogens is 366 g/mol. The van der Waals surface area contributed by atoms with Crippen LogP contribution in [0.25, 0.3) is 0 Å². The fourth-order valence-electron chi connectivity index (χ4n) is 3.78. The lowest BCUT2D eigenvalue weighted by Gasteiger charge is -2.29. The van der Waals surface area contributed by atoms with Crippen molar-refractivity contribution in [3.05, 3.63) is 77.9 Å². The molecule has 4 rings (SSSR count). The van der Waals surface area contributed by atoms with Crippen LogP contribution in [0.1, 0.15) is 29.2 Å². The third-order valence-electron chi connectivity index (χ3n) is 5.46. The van der Waals surface area contributed by atoms with E-state index in [9.17, 15) is 0 Å². The van der Waals surface area contributed by atoms with Crippen molar-refractivity contribution in [3.63, 3.8) is 0 Å². The van der Waals surface area contributed by atoms with E-state index >= 15 is 0 Å². The van der Waals surface area contributed by atoms with Crippen molar-refractivity contribution < 1.29 is 0 Å². The molecule has 0 unspecified atom stereocenters. The Morgan fingerprint density at radius 1 is 1.04 bits per heavy atom. The highest BCUT2D eigenvalue weighted by atomic mass is 32.1. The summed E-state index contributed by atoms with van der Waals surface area (Å²) < 4.78 is 2.23. The van der Waals surface area contributed by atoms with Crippen LogP contribution in [0.15, 0.2) is 60.8 Å². The Labute approximate surface area is 171 Å². The van der Waals surface area contributed by atoms with Crippen LogP contribution in [0.2, 0.25) is 0 Å². The molecule has 0 aliphatic carbocycles. The van der Waals surface area contributed by atoms with Crippen molar-refractivity contribution in [2.24, 2.45) is 7.05 Å².